The number of unbranched alkanes of at least 4 members (excludes halogenated alkanes) is 4. The van der Waals surface area contributed by atoms with Gasteiger partial charge in [0.2, 0.25) is 5.91 Å². The van der Waals surface area contributed by atoms with Crippen LogP contribution in [0.4, 0.5) is 13.2 Å². The Morgan fingerprint density at radius 2 is 1.69 bits per heavy atom. The van der Waals surface area contributed by atoms with Gasteiger partial charge in [-0.2, -0.15) is 21.6 Å². The topological polar surface area (TPSA) is 72.9 Å². The molecule has 0 atom stereocenters. The first-order chi connectivity index (χ1) is 16.6. The molecule has 0 radical (unpaired) electrons. The molecule has 194 valence electrons. The number of methoxy groups -OCH3 is 1. The normalized spacial score (nSPS) is 11.9. The second-order valence-electron chi connectivity index (χ2n) is 8.18. The number of halogens is 3. The highest BCUT2D eigenvalue weighted by Gasteiger charge is 2.32. The number of nitrogens with zero attached hydrogens (tertiary/aromatic N) is 1. The Kier molecular flexibility index (Phi) is 11.0. The predicted octanol–water partition coefficient (Wildman–Crippen LogP) is 5.81. The molecule has 0 saturated carbocycles. The molecule has 0 aliphatic heterocycles. The average Bonchev–Trinajstić information content (AvgIpc) is 2.82. The van der Waals surface area contributed by atoms with E-state index in [1.807, 2.05) is 0 Å². The number of amides is 1. The number of benzene rings is 2. The quantitative estimate of drug-likeness (QED) is 0.235. The number of carbonyl (C=O) groups excluding carboxylic acids is 1. The predicted molar refractivity (Wildman–Crippen MR) is 126 cm³/mol. The smallest absolute Gasteiger partial charge is 0.383 e. The average molecular weight is 516 g/mol. The summed E-state index contributed by atoms with van der Waals surface area (Å²) in [6.07, 6.45) is 0.992. The Morgan fingerprint density at radius 3 is 2.31 bits per heavy atom. The summed E-state index contributed by atoms with van der Waals surface area (Å²) in [7, 11) is -2.90. The maximum atomic E-state index is 12.9. The van der Waals surface area contributed by atoms with Crippen molar-refractivity contribution < 1.29 is 35.3 Å². The van der Waals surface area contributed by atoms with Gasteiger partial charge in [0, 0.05) is 26.6 Å². The van der Waals surface area contributed by atoms with Gasteiger partial charge in [0.05, 0.1) is 12.2 Å². The van der Waals surface area contributed by atoms with Crippen LogP contribution in [0.5, 0.6) is 5.75 Å². The van der Waals surface area contributed by atoms with Gasteiger partial charge in [0.15, 0.2) is 0 Å². The van der Waals surface area contributed by atoms with Crippen molar-refractivity contribution in [2.45, 2.75) is 63.1 Å². The summed E-state index contributed by atoms with van der Waals surface area (Å²) in [5.41, 5.74) is -0.326. The van der Waals surface area contributed by atoms with E-state index in [1.165, 1.54) is 12.1 Å². The molecule has 0 spiro atoms. The van der Waals surface area contributed by atoms with E-state index in [0.717, 1.165) is 55.9 Å². The molecular weight excluding hydrogens is 483 g/mol. The van der Waals surface area contributed by atoms with Crippen LogP contribution < -0.4 is 4.18 Å². The van der Waals surface area contributed by atoms with E-state index in [0.29, 0.717) is 32.2 Å². The van der Waals surface area contributed by atoms with Gasteiger partial charge in [0.1, 0.15) is 10.6 Å². The van der Waals surface area contributed by atoms with Gasteiger partial charge in [-0.15, -0.1) is 0 Å². The van der Waals surface area contributed by atoms with Crippen LogP contribution in [0.15, 0.2) is 53.4 Å². The highest BCUT2D eigenvalue weighted by Crippen LogP contribution is 2.31. The molecular formula is C25H32F3NO5S. The molecule has 0 aromatic heterocycles. The number of rotatable bonds is 14. The second-order valence-corrected chi connectivity index (χ2v) is 9.73. The van der Waals surface area contributed by atoms with Crippen LogP contribution in [0.2, 0.25) is 0 Å². The van der Waals surface area contributed by atoms with Crippen molar-refractivity contribution in [2.75, 3.05) is 20.3 Å². The number of ether oxygens (including phenoxy) is 1. The van der Waals surface area contributed by atoms with Gasteiger partial charge in [0.25, 0.3) is 0 Å². The molecule has 1 amide bonds. The summed E-state index contributed by atoms with van der Waals surface area (Å²) in [6, 6.07) is 9.42. The van der Waals surface area contributed by atoms with Crippen LogP contribution >= 0.6 is 0 Å². The fourth-order valence-corrected chi connectivity index (χ4v) is 4.38. The lowest BCUT2D eigenvalue weighted by Crippen LogP contribution is -2.33. The van der Waals surface area contributed by atoms with Crippen LogP contribution in [0.3, 0.4) is 0 Å². The molecule has 0 saturated heterocycles. The molecule has 6 nitrogen and oxygen atoms in total. The van der Waals surface area contributed by atoms with Crippen molar-refractivity contribution in [3.05, 3.63) is 59.7 Å². The third-order valence-corrected chi connectivity index (χ3v) is 6.61. The van der Waals surface area contributed by atoms with Crippen molar-refractivity contribution in [3.63, 3.8) is 0 Å². The van der Waals surface area contributed by atoms with Gasteiger partial charge in [-0.05, 0) is 42.3 Å². The lowest BCUT2D eigenvalue weighted by molar-refractivity contribution is -0.137. The fourth-order valence-electron chi connectivity index (χ4n) is 3.40. The van der Waals surface area contributed by atoms with Gasteiger partial charge < -0.3 is 13.8 Å². The lowest BCUT2D eigenvalue weighted by Gasteiger charge is -2.23. The molecule has 0 unspecified atom stereocenters. The molecule has 0 heterocycles. The zero-order valence-electron chi connectivity index (χ0n) is 20.0. The van der Waals surface area contributed by atoms with E-state index >= 15 is 0 Å². The van der Waals surface area contributed by atoms with E-state index in [1.54, 1.807) is 24.1 Å². The van der Waals surface area contributed by atoms with E-state index < -0.39 is 26.8 Å². The molecule has 0 bridgehead atoms. The van der Waals surface area contributed by atoms with Crippen molar-refractivity contribution in [3.8, 4) is 5.75 Å². The molecule has 10 heteroatoms. The van der Waals surface area contributed by atoms with E-state index in [-0.39, 0.29) is 11.7 Å². The lowest BCUT2D eigenvalue weighted by atomic mass is 10.1. The summed E-state index contributed by atoms with van der Waals surface area (Å²) < 4.78 is 73.8. The molecule has 0 aliphatic rings. The Morgan fingerprint density at radius 1 is 1.00 bits per heavy atom. The van der Waals surface area contributed by atoms with Gasteiger partial charge in [-0.3, -0.25) is 4.79 Å². The van der Waals surface area contributed by atoms with Crippen LogP contribution in [0, 0.1) is 0 Å². The highest BCUT2D eigenvalue weighted by molar-refractivity contribution is 7.87. The molecule has 0 N–H and O–H groups in total. The third-order valence-electron chi connectivity index (χ3n) is 5.36. The van der Waals surface area contributed by atoms with Crippen molar-refractivity contribution >= 4 is 16.0 Å². The fraction of sp³-hybridized carbons (Fsp3) is 0.480. The molecule has 0 aliphatic carbocycles. The van der Waals surface area contributed by atoms with Crippen LogP contribution in [-0.4, -0.2) is 39.5 Å². The Labute approximate surface area is 205 Å². The summed E-state index contributed by atoms with van der Waals surface area (Å²) in [4.78, 5) is 13.8. The first-order valence-electron chi connectivity index (χ1n) is 11.5. The maximum Gasteiger partial charge on any atom is 0.416 e. The van der Waals surface area contributed by atoms with E-state index in [4.69, 9.17) is 8.92 Å². The first kappa shape index (κ1) is 28.6. The zero-order chi connectivity index (χ0) is 25.9. The van der Waals surface area contributed by atoms with Gasteiger partial charge >= 0.3 is 16.3 Å². The Hall–Kier alpha value is -2.59. The van der Waals surface area contributed by atoms with Crippen molar-refractivity contribution in [1.82, 2.24) is 4.90 Å². The minimum atomic E-state index is -4.67. The van der Waals surface area contributed by atoms with Crippen molar-refractivity contribution in [1.29, 1.82) is 0 Å². The Bertz CT molecular complexity index is 1040. The molecule has 0 fully saturated rings. The van der Waals surface area contributed by atoms with E-state index in [2.05, 4.69) is 6.92 Å². The zero-order valence-corrected chi connectivity index (χ0v) is 20.8. The van der Waals surface area contributed by atoms with Crippen molar-refractivity contribution in [2.24, 2.45) is 0 Å². The molecule has 2 aromatic rings. The third kappa shape index (κ3) is 9.52. The Balaban J connectivity index is 2.04. The molecule has 35 heavy (non-hydrogen) atoms. The monoisotopic (exact) mass is 515 g/mol. The number of alkyl halides is 3. The summed E-state index contributed by atoms with van der Waals surface area (Å²) in [6.45, 7) is 3.26. The maximum absolute atomic E-state index is 12.9. The standard InChI is InChI=1S/C25H32F3NO5S/c1-3-4-5-6-7-11-24(30)29(16-17-33-2)19-20-12-14-22(15-13-20)34-35(31,32)23-10-8-9-21(18-23)25(26,27)28/h8-10,12-15,18H,3-7,11,16-17,19H2,1-2H3. The molecule has 2 aromatic carbocycles. The van der Waals surface area contributed by atoms with Gasteiger partial charge in [-0.1, -0.05) is 50.8 Å². The summed E-state index contributed by atoms with van der Waals surface area (Å²) in [5.74, 6) is -0.0251. The SMILES string of the molecule is CCCCCCCC(=O)N(CCOC)Cc1ccc(OS(=O)(=O)c2cccc(C(F)(F)F)c2)cc1. The first-order valence-corrected chi connectivity index (χ1v) is 12.9. The number of hydrogen-bond acceptors (Lipinski definition) is 5. The number of hydrogen-bond donors (Lipinski definition) is 0. The van der Waals surface area contributed by atoms with Crippen LogP contribution in [0.1, 0.15) is 56.6 Å². The minimum absolute atomic E-state index is 0.0194. The largest absolute Gasteiger partial charge is 0.416 e. The summed E-state index contributed by atoms with van der Waals surface area (Å²) >= 11 is 0. The summed E-state index contributed by atoms with van der Waals surface area (Å²) in [5, 5.41) is 0. The minimum Gasteiger partial charge on any atom is -0.383 e. The van der Waals surface area contributed by atoms with Gasteiger partial charge in [-0.25, -0.2) is 0 Å². The van der Waals surface area contributed by atoms with E-state index in [9.17, 15) is 26.4 Å². The van der Waals surface area contributed by atoms with Crippen LogP contribution in [0.25, 0.3) is 0 Å². The second kappa shape index (κ2) is 13.5. The number of carbonyl (C=O) groups is 1. The highest BCUT2D eigenvalue weighted by atomic mass is 32.2. The van der Waals surface area contributed by atoms with Crippen LogP contribution in [-0.2, 0) is 32.4 Å². The molecule has 2 rings (SSSR count).